The predicted octanol–water partition coefficient (Wildman–Crippen LogP) is 2.13. The highest BCUT2D eigenvalue weighted by atomic mass is 16.6. The maximum atomic E-state index is 13.6. The summed E-state index contributed by atoms with van der Waals surface area (Å²) in [6, 6.07) is 23.5. The van der Waals surface area contributed by atoms with E-state index in [0.717, 1.165) is 20.4 Å². The number of nitro groups is 1. The fourth-order valence-electron chi connectivity index (χ4n) is 3.98. The van der Waals surface area contributed by atoms with Crippen LogP contribution < -0.4 is 16.9 Å². The number of rotatable bonds is 6. The van der Waals surface area contributed by atoms with Gasteiger partial charge in [-0.2, -0.15) is 20.0 Å². The fraction of sp³-hybridized carbons (Fsp3) is 0.0769. The highest BCUT2D eigenvalue weighted by Gasteiger charge is 2.19. The smallest absolute Gasteiger partial charge is 0.271 e. The first-order chi connectivity index (χ1) is 18.5. The molecule has 0 amide bonds. The topological polar surface area (TPSA) is 154 Å². The third kappa shape index (κ3) is 4.59. The van der Waals surface area contributed by atoms with E-state index in [0.29, 0.717) is 0 Å². The first-order valence-corrected chi connectivity index (χ1v) is 11.4. The molecule has 0 radical (unpaired) electrons. The minimum Gasteiger partial charge on any atom is -0.271 e. The van der Waals surface area contributed by atoms with Gasteiger partial charge in [0, 0.05) is 12.1 Å². The zero-order valence-electron chi connectivity index (χ0n) is 19.7. The van der Waals surface area contributed by atoms with Crippen molar-refractivity contribution in [1.29, 1.82) is 5.26 Å². The van der Waals surface area contributed by atoms with Gasteiger partial charge in [0.05, 0.1) is 23.7 Å². The third-order valence-corrected chi connectivity index (χ3v) is 5.79. The van der Waals surface area contributed by atoms with Gasteiger partial charge in [-0.05, 0) is 23.3 Å². The minimum absolute atomic E-state index is 0.00672. The number of fused-ring (bicyclic) bond motifs is 1. The molecule has 5 rings (SSSR count). The van der Waals surface area contributed by atoms with Crippen LogP contribution in [0.3, 0.4) is 0 Å². The molecule has 0 saturated carbocycles. The Balaban J connectivity index is 1.81. The number of benzene rings is 3. The molecule has 12 heteroatoms. The Labute approximate surface area is 213 Å². The van der Waals surface area contributed by atoms with Crippen LogP contribution in [0.15, 0.2) is 99.5 Å². The monoisotopic (exact) mass is 506 g/mol. The molecule has 0 unspecified atom stereocenters. The van der Waals surface area contributed by atoms with Crippen LogP contribution in [-0.2, 0) is 13.1 Å². The second kappa shape index (κ2) is 10.1. The quantitative estimate of drug-likeness (QED) is 0.194. The van der Waals surface area contributed by atoms with Gasteiger partial charge in [0.25, 0.3) is 16.9 Å². The van der Waals surface area contributed by atoms with E-state index in [1.54, 1.807) is 18.3 Å². The lowest BCUT2D eigenvalue weighted by Gasteiger charge is -2.14. The van der Waals surface area contributed by atoms with Crippen molar-refractivity contribution in [2.75, 3.05) is 0 Å². The molecule has 186 valence electrons. The van der Waals surface area contributed by atoms with E-state index >= 15 is 0 Å². The number of aromatic nitrogens is 5. The van der Waals surface area contributed by atoms with Crippen molar-refractivity contribution >= 4 is 16.9 Å². The van der Waals surface area contributed by atoms with Gasteiger partial charge in [0.2, 0.25) is 6.19 Å². The molecule has 0 aliphatic carbocycles. The summed E-state index contributed by atoms with van der Waals surface area (Å²) >= 11 is 0. The molecular formula is C26H18N8O4. The predicted molar refractivity (Wildman–Crippen MR) is 136 cm³/mol. The van der Waals surface area contributed by atoms with Crippen LogP contribution in [0.1, 0.15) is 11.1 Å². The van der Waals surface area contributed by atoms with Gasteiger partial charge in [0.1, 0.15) is 0 Å². The van der Waals surface area contributed by atoms with Crippen LogP contribution in [0.4, 0.5) is 5.69 Å². The Morgan fingerprint density at radius 1 is 0.868 bits per heavy atom. The molecule has 0 N–H and O–H groups in total. The van der Waals surface area contributed by atoms with Crippen LogP contribution in [0.2, 0.25) is 0 Å². The van der Waals surface area contributed by atoms with E-state index in [9.17, 15) is 25.0 Å². The second-order valence-electron chi connectivity index (χ2n) is 8.21. The first kappa shape index (κ1) is 24.0. The summed E-state index contributed by atoms with van der Waals surface area (Å²) < 4.78 is 3.54. The number of nitro benzene ring substituents is 1. The van der Waals surface area contributed by atoms with Crippen LogP contribution in [0.25, 0.3) is 16.9 Å². The molecule has 38 heavy (non-hydrogen) atoms. The average Bonchev–Trinajstić information content (AvgIpc) is 2.94. The van der Waals surface area contributed by atoms with Gasteiger partial charge >= 0.3 is 5.69 Å². The maximum Gasteiger partial charge on any atom is 0.333 e. The Morgan fingerprint density at radius 2 is 1.45 bits per heavy atom. The molecule has 0 atom stereocenters. The van der Waals surface area contributed by atoms with Crippen LogP contribution in [0, 0.1) is 21.6 Å². The van der Waals surface area contributed by atoms with Gasteiger partial charge in [-0.1, -0.05) is 60.7 Å². The lowest BCUT2D eigenvalue weighted by atomic mass is 10.2. The summed E-state index contributed by atoms with van der Waals surface area (Å²) in [6.07, 6.45) is 1.65. The largest absolute Gasteiger partial charge is 0.333 e. The molecule has 0 bridgehead atoms. The van der Waals surface area contributed by atoms with Crippen molar-refractivity contribution in [3.63, 3.8) is 0 Å². The normalized spacial score (nSPS) is 11.4. The summed E-state index contributed by atoms with van der Waals surface area (Å²) in [6.45, 7) is 0.0975. The van der Waals surface area contributed by atoms with Crippen molar-refractivity contribution in [3.05, 3.63) is 133 Å². The SMILES string of the molecule is N#CN=c1nc2c(nn1-c1ccc([N+](=O)[O-])cc1)c(=O)n(Cc1ccccc1)c(=O)n2Cc1ccccc1. The maximum absolute atomic E-state index is 13.6. The van der Waals surface area contributed by atoms with E-state index in [1.165, 1.54) is 28.8 Å². The van der Waals surface area contributed by atoms with Crippen molar-refractivity contribution in [2.24, 2.45) is 4.99 Å². The van der Waals surface area contributed by atoms with Crippen molar-refractivity contribution in [2.45, 2.75) is 13.1 Å². The molecule has 12 nitrogen and oxygen atoms in total. The Hall–Kier alpha value is -5.70. The Kier molecular flexibility index (Phi) is 6.39. The molecule has 2 heterocycles. The van der Waals surface area contributed by atoms with Crippen molar-refractivity contribution in [1.82, 2.24) is 23.9 Å². The second-order valence-corrected chi connectivity index (χ2v) is 8.21. The van der Waals surface area contributed by atoms with E-state index in [-0.39, 0.29) is 41.2 Å². The molecular weight excluding hydrogens is 488 g/mol. The molecule has 0 spiro atoms. The summed E-state index contributed by atoms with van der Waals surface area (Å²) in [4.78, 5) is 45.9. The Morgan fingerprint density at radius 3 is 2.00 bits per heavy atom. The van der Waals surface area contributed by atoms with Gasteiger partial charge in [-0.3, -0.25) is 24.0 Å². The molecule has 0 aliphatic heterocycles. The van der Waals surface area contributed by atoms with E-state index in [4.69, 9.17) is 0 Å². The Bertz CT molecular complexity index is 1890. The van der Waals surface area contributed by atoms with Gasteiger partial charge in [0.15, 0.2) is 11.2 Å². The molecule has 5 aromatic rings. The fourth-order valence-corrected chi connectivity index (χ4v) is 3.98. The third-order valence-electron chi connectivity index (χ3n) is 5.79. The molecule has 0 fully saturated rings. The molecule has 0 aliphatic rings. The van der Waals surface area contributed by atoms with Crippen molar-refractivity contribution < 1.29 is 4.92 Å². The number of hydrogen-bond donors (Lipinski definition) is 0. The van der Waals surface area contributed by atoms with E-state index < -0.39 is 16.2 Å². The molecule has 3 aromatic carbocycles. The highest BCUT2D eigenvalue weighted by Crippen LogP contribution is 2.14. The van der Waals surface area contributed by atoms with Crippen LogP contribution >= 0.6 is 0 Å². The first-order valence-electron chi connectivity index (χ1n) is 11.4. The lowest BCUT2D eigenvalue weighted by molar-refractivity contribution is -0.384. The molecule has 2 aromatic heterocycles. The van der Waals surface area contributed by atoms with Gasteiger partial charge in [-0.15, -0.1) is 4.99 Å². The van der Waals surface area contributed by atoms with E-state index in [2.05, 4.69) is 15.1 Å². The number of hydrogen-bond acceptors (Lipinski definition) is 8. The van der Waals surface area contributed by atoms with Gasteiger partial charge < -0.3 is 0 Å². The van der Waals surface area contributed by atoms with E-state index in [1.807, 2.05) is 48.5 Å². The average molecular weight is 506 g/mol. The lowest BCUT2D eigenvalue weighted by Crippen LogP contribution is -2.43. The van der Waals surface area contributed by atoms with Crippen LogP contribution in [-0.4, -0.2) is 28.8 Å². The van der Waals surface area contributed by atoms with Crippen molar-refractivity contribution in [3.8, 4) is 11.9 Å². The minimum atomic E-state index is -0.676. The molecule has 0 saturated heterocycles. The zero-order valence-corrected chi connectivity index (χ0v) is 19.7. The summed E-state index contributed by atoms with van der Waals surface area (Å²) in [7, 11) is 0. The number of nitrogens with zero attached hydrogens (tertiary/aromatic N) is 8. The van der Waals surface area contributed by atoms with Crippen LogP contribution in [0.5, 0.6) is 0 Å². The summed E-state index contributed by atoms with van der Waals surface area (Å²) in [5.41, 5.74) is 0.0170. The van der Waals surface area contributed by atoms with Gasteiger partial charge in [-0.25, -0.2) is 4.79 Å². The summed E-state index contributed by atoms with van der Waals surface area (Å²) in [5.74, 6) is 0. The standard InChI is InChI=1S/C26H18N8O4/c27-17-28-25-29-23-22(30-33(25)20-11-13-21(14-12-20)34(37)38)24(35)32(16-19-9-5-2-6-10-19)26(36)31(23)15-18-7-3-1-4-8-18/h1-14H,15-16H2. The zero-order chi connectivity index (χ0) is 26.6. The number of nitriles is 1. The number of non-ortho nitro benzene ring substituents is 1. The summed E-state index contributed by atoms with van der Waals surface area (Å²) in [5, 5.41) is 24.8. The highest BCUT2D eigenvalue weighted by molar-refractivity contribution is 5.68.